The largest absolute Gasteiger partial charge is 0.449 e. The van der Waals surface area contributed by atoms with E-state index in [1.165, 1.54) is 23.4 Å². The minimum atomic E-state index is -3.67. The summed E-state index contributed by atoms with van der Waals surface area (Å²) in [7, 11) is -3.67. The maximum atomic E-state index is 12.9. The number of sulfonamides is 1. The Hall–Kier alpha value is -2.71. The van der Waals surface area contributed by atoms with E-state index in [4.69, 9.17) is 4.74 Å². The van der Waals surface area contributed by atoms with Crippen molar-refractivity contribution in [2.45, 2.75) is 44.1 Å². The lowest BCUT2D eigenvalue weighted by Crippen LogP contribution is -2.35. The Balaban J connectivity index is 1.74. The summed E-state index contributed by atoms with van der Waals surface area (Å²) in [6.45, 7) is 4.13. The van der Waals surface area contributed by atoms with Gasteiger partial charge in [0.1, 0.15) is 0 Å². The fourth-order valence-electron chi connectivity index (χ4n) is 3.28. The summed E-state index contributed by atoms with van der Waals surface area (Å²) in [6, 6.07) is 13.3. The third-order valence-electron chi connectivity index (χ3n) is 5.08. The lowest BCUT2D eigenvalue weighted by molar-refractivity contribution is -0.123. The van der Waals surface area contributed by atoms with E-state index < -0.39 is 28.0 Å². The summed E-state index contributed by atoms with van der Waals surface area (Å²) in [5.41, 5.74) is 1.30. The van der Waals surface area contributed by atoms with Crippen LogP contribution in [-0.4, -0.2) is 43.8 Å². The standard InChI is InChI=1S/C22H26N2O5S/c1-16-11-12-19(30(27,28)24-13-7-4-8-14-24)15-20(16)22(26)29-17(2)21(25)23-18-9-5-3-6-10-18/h3,5-6,9-12,15,17H,4,7-8,13-14H2,1-2H3,(H,23,25)/t17-/m0/s1. The lowest BCUT2D eigenvalue weighted by Gasteiger charge is -2.26. The number of benzene rings is 2. The van der Waals surface area contributed by atoms with Gasteiger partial charge in [-0.15, -0.1) is 0 Å². The number of aryl methyl sites for hydroxylation is 1. The van der Waals surface area contributed by atoms with Crippen LogP contribution in [0.5, 0.6) is 0 Å². The van der Waals surface area contributed by atoms with Gasteiger partial charge in [-0.3, -0.25) is 4.79 Å². The van der Waals surface area contributed by atoms with Gasteiger partial charge in [0.2, 0.25) is 10.0 Å². The lowest BCUT2D eigenvalue weighted by atomic mass is 10.1. The van der Waals surface area contributed by atoms with Crippen LogP contribution < -0.4 is 5.32 Å². The van der Waals surface area contributed by atoms with Crippen molar-refractivity contribution in [3.63, 3.8) is 0 Å². The molecule has 0 spiro atoms. The number of rotatable bonds is 6. The molecule has 1 amide bonds. The molecular weight excluding hydrogens is 404 g/mol. The number of nitrogens with one attached hydrogen (secondary N) is 1. The van der Waals surface area contributed by atoms with E-state index in [1.54, 1.807) is 37.3 Å². The molecule has 0 aliphatic carbocycles. The number of esters is 1. The van der Waals surface area contributed by atoms with Crippen LogP contribution >= 0.6 is 0 Å². The minimum Gasteiger partial charge on any atom is -0.449 e. The van der Waals surface area contributed by atoms with Gasteiger partial charge >= 0.3 is 5.97 Å². The fraction of sp³-hybridized carbons (Fsp3) is 0.364. The minimum absolute atomic E-state index is 0.0586. The topological polar surface area (TPSA) is 92.8 Å². The smallest absolute Gasteiger partial charge is 0.339 e. The van der Waals surface area contributed by atoms with Gasteiger partial charge in [0.05, 0.1) is 10.5 Å². The molecule has 8 heteroatoms. The number of piperidine rings is 1. The third kappa shape index (κ3) is 5.06. The van der Waals surface area contributed by atoms with Crippen molar-refractivity contribution in [1.29, 1.82) is 0 Å². The highest BCUT2D eigenvalue weighted by molar-refractivity contribution is 7.89. The van der Waals surface area contributed by atoms with Gasteiger partial charge in [-0.1, -0.05) is 30.7 Å². The number of ether oxygens (including phenoxy) is 1. The highest BCUT2D eigenvalue weighted by Crippen LogP contribution is 2.23. The summed E-state index contributed by atoms with van der Waals surface area (Å²) < 4.78 is 32.6. The molecular formula is C22H26N2O5S. The van der Waals surface area contributed by atoms with Gasteiger partial charge in [-0.2, -0.15) is 4.31 Å². The number of hydrogen-bond donors (Lipinski definition) is 1. The number of anilines is 1. The van der Waals surface area contributed by atoms with Crippen LogP contribution in [0.3, 0.4) is 0 Å². The zero-order chi connectivity index (χ0) is 21.7. The molecule has 1 N–H and O–H groups in total. The Morgan fingerprint density at radius 1 is 1.03 bits per heavy atom. The third-order valence-corrected chi connectivity index (χ3v) is 6.97. The first-order chi connectivity index (χ1) is 14.3. The number of carbonyl (C=O) groups is 2. The first-order valence-electron chi connectivity index (χ1n) is 9.97. The van der Waals surface area contributed by atoms with Gasteiger partial charge in [-0.25, -0.2) is 13.2 Å². The second-order valence-corrected chi connectivity index (χ2v) is 9.28. The number of para-hydroxylation sites is 1. The molecule has 0 bridgehead atoms. The molecule has 0 saturated carbocycles. The second kappa shape index (κ2) is 9.40. The van der Waals surface area contributed by atoms with Crippen LogP contribution in [0.4, 0.5) is 5.69 Å². The normalized spacial score (nSPS) is 15.9. The Labute approximate surface area is 177 Å². The molecule has 3 rings (SSSR count). The van der Waals surface area contributed by atoms with Crippen molar-refractivity contribution >= 4 is 27.6 Å². The van der Waals surface area contributed by atoms with E-state index in [9.17, 15) is 18.0 Å². The summed E-state index contributed by atoms with van der Waals surface area (Å²) >= 11 is 0. The van der Waals surface area contributed by atoms with Crippen LogP contribution in [0.1, 0.15) is 42.1 Å². The quantitative estimate of drug-likeness (QED) is 0.710. The van der Waals surface area contributed by atoms with Crippen LogP contribution in [0.2, 0.25) is 0 Å². The number of nitrogens with zero attached hydrogens (tertiary/aromatic N) is 1. The summed E-state index contributed by atoms with van der Waals surface area (Å²) in [5, 5.41) is 2.67. The van der Waals surface area contributed by atoms with Gasteiger partial charge < -0.3 is 10.1 Å². The van der Waals surface area contributed by atoms with Crippen molar-refractivity contribution in [1.82, 2.24) is 4.31 Å². The fourth-order valence-corrected chi connectivity index (χ4v) is 4.82. The second-order valence-electron chi connectivity index (χ2n) is 7.34. The SMILES string of the molecule is Cc1ccc(S(=O)(=O)N2CCCCC2)cc1C(=O)O[C@@H](C)C(=O)Nc1ccccc1. The highest BCUT2D eigenvalue weighted by atomic mass is 32.2. The van der Waals surface area contributed by atoms with E-state index in [2.05, 4.69) is 5.32 Å². The molecule has 1 atom stereocenters. The van der Waals surface area contributed by atoms with Crippen molar-refractivity contribution in [3.05, 3.63) is 59.7 Å². The predicted molar refractivity (Wildman–Crippen MR) is 114 cm³/mol. The molecule has 0 unspecified atom stereocenters. The molecule has 1 saturated heterocycles. The number of hydrogen-bond acceptors (Lipinski definition) is 5. The van der Waals surface area contributed by atoms with Crippen molar-refractivity contribution in [2.24, 2.45) is 0 Å². The zero-order valence-electron chi connectivity index (χ0n) is 17.1. The highest BCUT2D eigenvalue weighted by Gasteiger charge is 2.28. The number of amides is 1. The Bertz CT molecular complexity index is 1020. The predicted octanol–water partition coefficient (Wildman–Crippen LogP) is 3.35. The molecule has 1 aliphatic rings. The first-order valence-corrected chi connectivity index (χ1v) is 11.4. The molecule has 1 fully saturated rings. The Morgan fingerprint density at radius 3 is 2.37 bits per heavy atom. The van der Waals surface area contributed by atoms with Crippen LogP contribution in [0.25, 0.3) is 0 Å². The molecule has 160 valence electrons. The maximum absolute atomic E-state index is 12.9. The van der Waals surface area contributed by atoms with Crippen LogP contribution in [0, 0.1) is 6.92 Å². The average molecular weight is 431 g/mol. The molecule has 30 heavy (non-hydrogen) atoms. The molecule has 1 aliphatic heterocycles. The van der Waals surface area contributed by atoms with Crippen LogP contribution in [0.15, 0.2) is 53.4 Å². The maximum Gasteiger partial charge on any atom is 0.339 e. The monoisotopic (exact) mass is 430 g/mol. The van der Waals surface area contributed by atoms with Gasteiger partial charge in [0.15, 0.2) is 6.10 Å². The van der Waals surface area contributed by atoms with E-state index >= 15 is 0 Å². The molecule has 7 nitrogen and oxygen atoms in total. The van der Waals surface area contributed by atoms with Crippen molar-refractivity contribution in [3.8, 4) is 0 Å². The van der Waals surface area contributed by atoms with Crippen molar-refractivity contribution in [2.75, 3.05) is 18.4 Å². The Kier molecular flexibility index (Phi) is 6.89. The van der Waals surface area contributed by atoms with Gasteiger partial charge in [0, 0.05) is 18.8 Å². The van der Waals surface area contributed by atoms with E-state index in [-0.39, 0.29) is 10.5 Å². The summed E-state index contributed by atoms with van der Waals surface area (Å²) in [4.78, 5) is 25.0. The Morgan fingerprint density at radius 2 is 1.70 bits per heavy atom. The summed E-state index contributed by atoms with van der Waals surface area (Å²) in [6.07, 6.45) is 1.63. The average Bonchev–Trinajstić information content (AvgIpc) is 2.75. The van der Waals surface area contributed by atoms with E-state index in [1.807, 2.05) is 6.07 Å². The summed E-state index contributed by atoms with van der Waals surface area (Å²) in [5.74, 6) is -1.21. The van der Waals surface area contributed by atoms with Crippen LogP contribution in [-0.2, 0) is 19.6 Å². The molecule has 2 aromatic carbocycles. The van der Waals surface area contributed by atoms with Gasteiger partial charge in [0.25, 0.3) is 5.91 Å². The van der Waals surface area contributed by atoms with Crippen molar-refractivity contribution < 1.29 is 22.7 Å². The zero-order valence-corrected chi connectivity index (χ0v) is 17.9. The van der Waals surface area contributed by atoms with Gasteiger partial charge in [-0.05, 0) is 56.5 Å². The first kappa shape index (κ1) is 22.0. The number of carbonyl (C=O) groups excluding carboxylic acids is 2. The van der Waals surface area contributed by atoms with E-state index in [0.29, 0.717) is 24.3 Å². The van der Waals surface area contributed by atoms with E-state index in [0.717, 1.165) is 19.3 Å². The molecule has 2 aromatic rings. The molecule has 0 radical (unpaired) electrons. The molecule has 1 heterocycles. The molecule has 0 aromatic heterocycles.